The van der Waals surface area contributed by atoms with E-state index in [9.17, 15) is 4.79 Å². The zero-order valence-electron chi connectivity index (χ0n) is 20.0. The fourth-order valence-corrected chi connectivity index (χ4v) is 3.83. The Kier molecular flexibility index (Phi) is 7.95. The molecule has 0 saturated carbocycles. The average molecular weight is 480 g/mol. The summed E-state index contributed by atoms with van der Waals surface area (Å²) in [7, 11) is 3.19. The van der Waals surface area contributed by atoms with Crippen molar-refractivity contribution in [1.29, 1.82) is 0 Å². The molecule has 3 aromatic carbocycles. The summed E-state index contributed by atoms with van der Waals surface area (Å²) in [4.78, 5) is 11.2. The second kappa shape index (κ2) is 11.5. The van der Waals surface area contributed by atoms with Crippen LogP contribution in [0.5, 0.6) is 34.5 Å². The first-order valence-corrected chi connectivity index (χ1v) is 11.3. The van der Waals surface area contributed by atoms with Gasteiger partial charge in [-0.05, 0) is 42.0 Å². The van der Waals surface area contributed by atoms with Crippen molar-refractivity contribution in [1.82, 2.24) is 5.32 Å². The van der Waals surface area contributed by atoms with E-state index in [1.807, 2.05) is 54.6 Å². The topological polar surface area (TPSA) is 84.5 Å². The van der Waals surface area contributed by atoms with Gasteiger partial charge in [-0.2, -0.15) is 0 Å². The number of carbonyl (C=O) groups is 1. The van der Waals surface area contributed by atoms with Crippen LogP contribution in [-0.2, 0) is 4.79 Å². The van der Waals surface area contributed by atoms with Crippen LogP contribution in [0.1, 0.15) is 18.6 Å². The standard InChI is InChI=1S/C27H29NO7/c1-18(29)33-20-13-11-19(12-14-20)26-25(34-21-7-4-5-8-22(21)35-26)17-28-15-16-32-27-23(30-2)9-6-10-24(27)31-3/h4-14,25-26,28H,15-17H2,1-3H3/t25-,26-/m1/s1. The molecule has 0 spiro atoms. The molecule has 0 bridgehead atoms. The van der Waals surface area contributed by atoms with Gasteiger partial charge in [0.25, 0.3) is 0 Å². The Morgan fingerprint density at radius 3 is 2.17 bits per heavy atom. The summed E-state index contributed by atoms with van der Waals surface area (Å²) in [5, 5.41) is 3.39. The van der Waals surface area contributed by atoms with E-state index in [0.717, 1.165) is 5.56 Å². The lowest BCUT2D eigenvalue weighted by atomic mass is 10.0. The van der Waals surface area contributed by atoms with Gasteiger partial charge in [-0.1, -0.05) is 30.3 Å². The molecule has 35 heavy (non-hydrogen) atoms. The SMILES string of the molecule is COc1cccc(OC)c1OCCNC[C@H]1Oc2ccccc2O[C@@H]1c1ccc(OC(C)=O)cc1. The number of fused-ring (bicyclic) bond motifs is 1. The van der Waals surface area contributed by atoms with E-state index in [2.05, 4.69) is 5.32 Å². The smallest absolute Gasteiger partial charge is 0.308 e. The molecule has 0 fully saturated rings. The van der Waals surface area contributed by atoms with E-state index >= 15 is 0 Å². The first-order chi connectivity index (χ1) is 17.1. The second-order valence-corrected chi connectivity index (χ2v) is 7.85. The zero-order chi connectivity index (χ0) is 24.6. The van der Waals surface area contributed by atoms with Crippen LogP contribution in [0, 0.1) is 0 Å². The van der Waals surface area contributed by atoms with Crippen molar-refractivity contribution in [3.63, 3.8) is 0 Å². The van der Waals surface area contributed by atoms with E-state index in [-0.39, 0.29) is 18.2 Å². The average Bonchev–Trinajstić information content (AvgIpc) is 2.88. The maximum atomic E-state index is 11.2. The van der Waals surface area contributed by atoms with Crippen LogP contribution in [0.2, 0.25) is 0 Å². The van der Waals surface area contributed by atoms with Gasteiger partial charge in [0.1, 0.15) is 12.4 Å². The second-order valence-electron chi connectivity index (χ2n) is 7.85. The molecule has 1 N–H and O–H groups in total. The minimum atomic E-state index is -0.362. The van der Waals surface area contributed by atoms with Crippen molar-refractivity contribution in [2.45, 2.75) is 19.1 Å². The minimum Gasteiger partial charge on any atom is -0.493 e. The summed E-state index contributed by atoms with van der Waals surface area (Å²) in [5.74, 6) is 3.29. The molecule has 3 aromatic rings. The fraction of sp³-hybridized carbons (Fsp3) is 0.296. The lowest BCUT2D eigenvalue weighted by molar-refractivity contribution is -0.131. The normalized spacial score (nSPS) is 16.3. The van der Waals surface area contributed by atoms with Crippen molar-refractivity contribution in [3.8, 4) is 34.5 Å². The van der Waals surface area contributed by atoms with Gasteiger partial charge in [0, 0.05) is 20.0 Å². The molecule has 1 heterocycles. The lowest BCUT2D eigenvalue weighted by Gasteiger charge is -2.34. The molecule has 0 unspecified atom stereocenters. The molecule has 0 aromatic heterocycles. The maximum Gasteiger partial charge on any atom is 0.308 e. The number of carbonyl (C=O) groups excluding carboxylic acids is 1. The highest BCUT2D eigenvalue weighted by molar-refractivity contribution is 5.69. The predicted octanol–water partition coefficient (Wildman–Crippen LogP) is 4.18. The number of esters is 1. The first-order valence-electron chi connectivity index (χ1n) is 11.3. The van der Waals surface area contributed by atoms with Gasteiger partial charge in [0.2, 0.25) is 5.75 Å². The van der Waals surface area contributed by atoms with Gasteiger partial charge >= 0.3 is 5.97 Å². The minimum absolute atomic E-state index is 0.287. The number of hydrogen-bond acceptors (Lipinski definition) is 8. The molecule has 1 aliphatic rings. The summed E-state index contributed by atoms with van der Waals surface area (Å²) in [6, 6.07) is 20.3. The molecule has 0 saturated heterocycles. The third kappa shape index (κ3) is 5.96. The number of rotatable bonds is 10. The summed E-state index contributed by atoms with van der Waals surface area (Å²) < 4.78 is 34.4. The van der Waals surface area contributed by atoms with Crippen LogP contribution < -0.4 is 33.7 Å². The molecule has 8 nitrogen and oxygen atoms in total. The predicted molar refractivity (Wildman–Crippen MR) is 130 cm³/mol. The summed E-state index contributed by atoms with van der Waals surface area (Å²) in [6.45, 7) is 2.87. The number of ether oxygens (including phenoxy) is 6. The highest BCUT2D eigenvalue weighted by atomic mass is 16.6. The zero-order valence-corrected chi connectivity index (χ0v) is 20.0. The molecular weight excluding hydrogens is 450 g/mol. The highest BCUT2D eigenvalue weighted by Crippen LogP contribution is 2.39. The van der Waals surface area contributed by atoms with Gasteiger partial charge < -0.3 is 33.7 Å². The van der Waals surface area contributed by atoms with Crippen LogP contribution in [0.15, 0.2) is 66.7 Å². The molecule has 1 aliphatic heterocycles. The van der Waals surface area contributed by atoms with E-state index in [4.69, 9.17) is 28.4 Å². The lowest BCUT2D eigenvalue weighted by Crippen LogP contribution is -2.42. The van der Waals surface area contributed by atoms with Crippen molar-refractivity contribution in [3.05, 3.63) is 72.3 Å². The summed E-state index contributed by atoms with van der Waals surface area (Å²) in [6.07, 6.45) is -0.635. The Labute approximate surface area is 204 Å². The van der Waals surface area contributed by atoms with Crippen LogP contribution >= 0.6 is 0 Å². The van der Waals surface area contributed by atoms with Crippen molar-refractivity contribution in [2.24, 2.45) is 0 Å². The van der Waals surface area contributed by atoms with Crippen LogP contribution in [0.4, 0.5) is 0 Å². The van der Waals surface area contributed by atoms with Gasteiger partial charge in [0.15, 0.2) is 35.2 Å². The van der Waals surface area contributed by atoms with Gasteiger partial charge in [-0.15, -0.1) is 0 Å². The Bertz CT molecular complexity index is 1110. The molecule has 0 radical (unpaired) electrons. The Morgan fingerprint density at radius 1 is 0.886 bits per heavy atom. The number of nitrogens with one attached hydrogen (secondary N) is 1. The number of hydrogen-bond donors (Lipinski definition) is 1. The maximum absolute atomic E-state index is 11.2. The van der Waals surface area contributed by atoms with E-state index in [1.54, 1.807) is 26.4 Å². The molecule has 8 heteroatoms. The summed E-state index contributed by atoms with van der Waals surface area (Å²) >= 11 is 0. The third-order valence-corrected chi connectivity index (χ3v) is 5.44. The molecule has 2 atom stereocenters. The van der Waals surface area contributed by atoms with Crippen molar-refractivity contribution >= 4 is 5.97 Å². The van der Waals surface area contributed by atoms with Crippen LogP contribution in [0.25, 0.3) is 0 Å². The highest BCUT2D eigenvalue weighted by Gasteiger charge is 2.32. The number of benzene rings is 3. The van der Waals surface area contributed by atoms with Crippen LogP contribution in [0.3, 0.4) is 0 Å². The molecule has 184 valence electrons. The molecule has 4 rings (SSSR count). The Balaban J connectivity index is 1.40. The van der Waals surface area contributed by atoms with Crippen molar-refractivity contribution < 1.29 is 33.2 Å². The van der Waals surface area contributed by atoms with Gasteiger partial charge in [-0.25, -0.2) is 0 Å². The number of methoxy groups -OCH3 is 2. The van der Waals surface area contributed by atoms with Gasteiger partial charge in [-0.3, -0.25) is 4.79 Å². The van der Waals surface area contributed by atoms with E-state index < -0.39 is 0 Å². The summed E-state index contributed by atoms with van der Waals surface area (Å²) in [5.41, 5.74) is 0.914. The van der Waals surface area contributed by atoms with Crippen LogP contribution in [-0.4, -0.2) is 46.0 Å². The first kappa shape index (κ1) is 24.2. The third-order valence-electron chi connectivity index (χ3n) is 5.44. The monoisotopic (exact) mass is 479 g/mol. The van der Waals surface area contributed by atoms with Gasteiger partial charge in [0.05, 0.1) is 14.2 Å². The number of para-hydroxylation sites is 3. The molecular formula is C27H29NO7. The van der Waals surface area contributed by atoms with E-state index in [1.165, 1.54) is 6.92 Å². The van der Waals surface area contributed by atoms with E-state index in [0.29, 0.717) is 54.2 Å². The molecule has 0 aliphatic carbocycles. The van der Waals surface area contributed by atoms with Crippen molar-refractivity contribution in [2.75, 3.05) is 33.9 Å². The largest absolute Gasteiger partial charge is 0.493 e. The Morgan fingerprint density at radius 2 is 1.54 bits per heavy atom. The molecule has 0 amide bonds. The fourth-order valence-electron chi connectivity index (χ4n) is 3.83. The quantitative estimate of drug-likeness (QED) is 0.263. The Hall–Kier alpha value is -3.91.